The number of nitriles is 1. The third-order valence-corrected chi connectivity index (χ3v) is 5.61. The molecule has 2 aliphatic rings. The van der Waals surface area contributed by atoms with Crippen LogP contribution in [0.5, 0.6) is 0 Å². The zero-order valence-corrected chi connectivity index (χ0v) is 17.3. The summed E-state index contributed by atoms with van der Waals surface area (Å²) in [4.78, 5) is 25.3. The lowest BCUT2D eigenvalue weighted by Crippen LogP contribution is -2.55. The minimum atomic E-state index is -0.397. The van der Waals surface area contributed by atoms with Gasteiger partial charge in [0.1, 0.15) is 12.4 Å². The molecule has 1 unspecified atom stereocenters. The van der Waals surface area contributed by atoms with Crippen molar-refractivity contribution in [2.75, 3.05) is 31.1 Å². The summed E-state index contributed by atoms with van der Waals surface area (Å²) in [6.07, 6.45) is 0.648. The average Bonchev–Trinajstić information content (AvgIpc) is 2.78. The SMILES string of the molecule is N#CCC1CN(c2nc(Cl)nc3c2CCNC3)CCN1C(=O)OCc1ccccc1. The Labute approximate surface area is 180 Å². The molecule has 3 heterocycles. The molecular weight excluding hydrogens is 404 g/mol. The molecule has 9 heteroatoms. The number of fused-ring (bicyclic) bond motifs is 1. The van der Waals surface area contributed by atoms with Crippen molar-refractivity contribution in [2.45, 2.75) is 32.0 Å². The van der Waals surface area contributed by atoms with Crippen LogP contribution < -0.4 is 10.2 Å². The smallest absolute Gasteiger partial charge is 0.410 e. The maximum Gasteiger partial charge on any atom is 0.410 e. The maximum atomic E-state index is 12.7. The number of halogens is 1. The quantitative estimate of drug-likeness (QED) is 0.750. The van der Waals surface area contributed by atoms with E-state index in [9.17, 15) is 10.1 Å². The van der Waals surface area contributed by atoms with E-state index in [1.54, 1.807) is 4.90 Å². The number of nitrogens with zero attached hydrogens (tertiary/aromatic N) is 5. The first-order valence-electron chi connectivity index (χ1n) is 10.0. The van der Waals surface area contributed by atoms with E-state index >= 15 is 0 Å². The van der Waals surface area contributed by atoms with Crippen molar-refractivity contribution in [1.82, 2.24) is 20.2 Å². The van der Waals surface area contributed by atoms with Crippen LogP contribution >= 0.6 is 11.6 Å². The Hall–Kier alpha value is -2.89. The van der Waals surface area contributed by atoms with E-state index in [0.717, 1.165) is 35.6 Å². The van der Waals surface area contributed by atoms with Gasteiger partial charge in [-0.2, -0.15) is 5.26 Å². The second-order valence-electron chi connectivity index (χ2n) is 7.36. The number of amides is 1. The number of carbonyl (C=O) groups excluding carboxylic acids is 1. The Kier molecular flexibility index (Phi) is 6.31. The van der Waals surface area contributed by atoms with E-state index in [1.165, 1.54) is 0 Å². The largest absolute Gasteiger partial charge is 0.445 e. The lowest BCUT2D eigenvalue weighted by Gasteiger charge is -2.41. The number of anilines is 1. The third kappa shape index (κ3) is 4.48. The summed E-state index contributed by atoms with van der Waals surface area (Å²) < 4.78 is 5.50. The fourth-order valence-corrected chi connectivity index (χ4v) is 4.12. The number of ether oxygens (including phenoxy) is 1. The van der Waals surface area contributed by atoms with Gasteiger partial charge < -0.3 is 19.9 Å². The fraction of sp³-hybridized carbons (Fsp3) is 0.429. The first kappa shape index (κ1) is 20.4. The lowest BCUT2D eigenvalue weighted by atomic mass is 10.0. The van der Waals surface area contributed by atoms with Crippen molar-refractivity contribution in [1.29, 1.82) is 5.26 Å². The van der Waals surface area contributed by atoms with Crippen LogP contribution in [-0.2, 0) is 24.3 Å². The Balaban J connectivity index is 1.48. The van der Waals surface area contributed by atoms with E-state index in [2.05, 4.69) is 26.3 Å². The molecule has 0 spiro atoms. The molecule has 1 N–H and O–H groups in total. The summed E-state index contributed by atoms with van der Waals surface area (Å²) >= 11 is 6.16. The minimum Gasteiger partial charge on any atom is -0.445 e. The highest BCUT2D eigenvalue weighted by Crippen LogP contribution is 2.28. The molecule has 2 aromatic rings. The van der Waals surface area contributed by atoms with Gasteiger partial charge in [0.05, 0.1) is 24.2 Å². The van der Waals surface area contributed by atoms with E-state index in [4.69, 9.17) is 16.3 Å². The van der Waals surface area contributed by atoms with Gasteiger partial charge in [0, 0.05) is 31.7 Å². The molecule has 1 saturated heterocycles. The monoisotopic (exact) mass is 426 g/mol. The van der Waals surface area contributed by atoms with Crippen LogP contribution in [0.1, 0.15) is 23.2 Å². The number of benzene rings is 1. The van der Waals surface area contributed by atoms with Crippen LogP contribution in [0.25, 0.3) is 0 Å². The van der Waals surface area contributed by atoms with Crippen LogP contribution in [-0.4, -0.2) is 53.2 Å². The van der Waals surface area contributed by atoms with Crippen molar-refractivity contribution >= 4 is 23.5 Å². The molecule has 8 nitrogen and oxygen atoms in total. The molecule has 0 aliphatic carbocycles. The molecule has 0 bridgehead atoms. The molecule has 30 heavy (non-hydrogen) atoms. The zero-order chi connectivity index (χ0) is 20.9. The second-order valence-corrected chi connectivity index (χ2v) is 7.70. The lowest BCUT2D eigenvalue weighted by molar-refractivity contribution is 0.0768. The highest BCUT2D eigenvalue weighted by atomic mass is 35.5. The molecule has 0 saturated carbocycles. The van der Waals surface area contributed by atoms with Gasteiger partial charge in [-0.15, -0.1) is 0 Å². The fourth-order valence-electron chi connectivity index (χ4n) is 3.94. The van der Waals surface area contributed by atoms with E-state index in [1.807, 2.05) is 30.3 Å². The summed E-state index contributed by atoms with van der Waals surface area (Å²) in [6, 6.07) is 11.5. The van der Waals surface area contributed by atoms with Crippen LogP contribution in [0.2, 0.25) is 5.28 Å². The molecular formula is C21H23ClN6O2. The number of aromatic nitrogens is 2. The van der Waals surface area contributed by atoms with E-state index < -0.39 is 6.09 Å². The summed E-state index contributed by atoms with van der Waals surface area (Å²) in [5.74, 6) is 0.812. The van der Waals surface area contributed by atoms with Crippen molar-refractivity contribution in [3.63, 3.8) is 0 Å². The number of rotatable bonds is 4. The van der Waals surface area contributed by atoms with Gasteiger partial charge in [-0.1, -0.05) is 30.3 Å². The summed E-state index contributed by atoms with van der Waals surface area (Å²) in [7, 11) is 0. The van der Waals surface area contributed by atoms with Gasteiger partial charge in [-0.25, -0.2) is 14.8 Å². The van der Waals surface area contributed by atoms with Crippen molar-refractivity contribution < 1.29 is 9.53 Å². The zero-order valence-electron chi connectivity index (χ0n) is 16.6. The molecule has 1 aromatic heterocycles. The Morgan fingerprint density at radius 3 is 2.93 bits per heavy atom. The van der Waals surface area contributed by atoms with E-state index in [-0.39, 0.29) is 24.4 Å². The Bertz CT molecular complexity index is 949. The van der Waals surface area contributed by atoms with E-state index in [0.29, 0.717) is 26.2 Å². The molecule has 156 valence electrons. The van der Waals surface area contributed by atoms with Gasteiger partial charge in [-0.3, -0.25) is 0 Å². The van der Waals surface area contributed by atoms with Gasteiger partial charge >= 0.3 is 6.09 Å². The predicted molar refractivity (Wildman–Crippen MR) is 112 cm³/mol. The molecule has 0 radical (unpaired) electrons. The summed E-state index contributed by atoms with van der Waals surface area (Å²) in [5.41, 5.74) is 2.93. The molecule has 1 atom stereocenters. The molecule has 1 fully saturated rings. The molecule has 4 rings (SSSR count). The normalized spacial score (nSPS) is 18.5. The average molecular weight is 427 g/mol. The second kappa shape index (κ2) is 9.28. The molecule has 1 aromatic carbocycles. The van der Waals surface area contributed by atoms with Crippen LogP contribution in [0, 0.1) is 11.3 Å². The first-order chi connectivity index (χ1) is 14.7. The summed E-state index contributed by atoms with van der Waals surface area (Å²) in [6.45, 7) is 3.28. The van der Waals surface area contributed by atoms with Crippen LogP contribution in [0.4, 0.5) is 10.6 Å². The minimum absolute atomic E-state index is 0.210. The highest BCUT2D eigenvalue weighted by molar-refractivity contribution is 6.28. The number of hydrogen-bond acceptors (Lipinski definition) is 7. The number of hydrogen-bond donors (Lipinski definition) is 1. The first-order valence-corrected chi connectivity index (χ1v) is 10.4. The maximum absolute atomic E-state index is 12.7. The van der Waals surface area contributed by atoms with Crippen molar-refractivity contribution in [2.24, 2.45) is 0 Å². The molecule has 1 amide bonds. The number of nitrogens with one attached hydrogen (secondary N) is 1. The topological polar surface area (TPSA) is 94.4 Å². The molecule has 2 aliphatic heterocycles. The summed E-state index contributed by atoms with van der Waals surface area (Å²) in [5, 5.41) is 12.8. The standard InChI is InChI=1S/C21H23ClN6O2/c22-20-25-18-12-24-9-7-17(18)19(26-20)27-10-11-28(16(13-27)6-8-23)21(29)30-14-15-4-2-1-3-5-15/h1-5,16,24H,6-7,9-14H2. The Morgan fingerprint density at radius 1 is 1.30 bits per heavy atom. The third-order valence-electron chi connectivity index (χ3n) is 5.44. The van der Waals surface area contributed by atoms with Gasteiger partial charge in [0.15, 0.2) is 0 Å². The van der Waals surface area contributed by atoms with Gasteiger partial charge in [0.2, 0.25) is 5.28 Å². The number of piperazine rings is 1. The predicted octanol–water partition coefficient (Wildman–Crippen LogP) is 2.52. The van der Waals surface area contributed by atoms with Crippen molar-refractivity contribution in [3.05, 3.63) is 52.4 Å². The Morgan fingerprint density at radius 2 is 2.13 bits per heavy atom. The number of carbonyl (C=O) groups is 1. The van der Waals surface area contributed by atoms with Gasteiger partial charge in [-0.05, 0) is 30.1 Å². The van der Waals surface area contributed by atoms with Gasteiger partial charge in [0.25, 0.3) is 0 Å². The van der Waals surface area contributed by atoms with Crippen LogP contribution in [0.3, 0.4) is 0 Å². The van der Waals surface area contributed by atoms with Crippen LogP contribution in [0.15, 0.2) is 30.3 Å². The van der Waals surface area contributed by atoms with Crippen molar-refractivity contribution in [3.8, 4) is 6.07 Å². The highest BCUT2D eigenvalue weighted by Gasteiger charge is 2.33.